The zero-order valence-corrected chi connectivity index (χ0v) is 16.0. The predicted molar refractivity (Wildman–Crippen MR) is 99.8 cm³/mol. The van der Waals surface area contributed by atoms with Crippen molar-refractivity contribution in [2.24, 2.45) is 12.5 Å². The van der Waals surface area contributed by atoms with Crippen LogP contribution < -0.4 is 16.0 Å². The zero-order valence-electron chi connectivity index (χ0n) is 16.0. The molecule has 0 bridgehead atoms. The van der Waals surface area contributed by atoms with Crippen LogP contribution in [0.4, 0.5) is 4.79 Å². The molecule has 2 heterocycles. The molecular formula is C18H32N6O2. The number of urea groups is 1. The number of nitrogens with zero attached hydrogens (tertiary/aromatic N) is 3. The highest BCUT2D eigenvalue weighted by Gasteiger charge is 2.57. The molecule has 1 saturated carbocycles. The molecule has 2 aliphatic rings. The smallest absolute Gasteiger partial charge is 0.318 e. The van der Waals surface area contributed by atoms with E-state index in [9.17, 15) is 4.79 Å². The molecule has 2 amide bonds. The monoisotopic (exact) mass is 364 g/mol. The Bertz CT molecular complexity index is 584. The summed E-state index contributed by atoms with van der Waals surface area (Å²) in [5.74, 6) is 0.925. The van der Waals surface area contributed by atoms with Crippen LogP contribution in [0, 0.1) is 5.41 Å². The predicted octanol–water partition coefficient (Wildman–Crippen LogP) is 0.310. The number of aromatic nitrogens is 2. The maximum atomic E-state index is 12.9. The Kier molecular flexibility index (Phi) is 6.50. The minimum Gasteiger partial charge on any atom is -0.383 e. The average Bonchev–Trinajstić information content (AvgIpc) is 3.15. The van der Waals surface area contributed by atoms with E-state index in [0.29, 0.717) is 31.2 Å². The van der Waals surface area contributed by atoms with E-state index in [1.165, 1.54) is 0 Å². The molecule has 0 aromatic carbocycles. The quantitative estimate of drug-likeness (QED) is 0.550. The van der Waals surface area contributed by atoms with Crippen LogP contribution in [0.15, 0.2) is 12.4 Å². The fraction of sp³-hybridized carbons (Fsp3) is 0.778. The van der Waals surface area contributed by atoms with Gasteiger partial charge < -0.3 is 30.2 Å². The van der Waals surface area contributed by atoms with Gasteiger partial charge in [-0.05, 0) is 37.8 Å². The van der Waals surface area contributed by atoms with E-state index in [4.69, 9.17) is 4.74 Å². The molecule has 1 spiro atoms. The maximum Gasteiger partial charge on any atom is 0.318 e. The van der Waals surface area contributed by atoms with Gasteiger partial charge in [-0.3, -0.25) is 0 Å². The highest BCUT2D eigenvalue weighted by molar-refractivity contribution is 5.75. The molecular weight excluding hydrogens is 332 g/mol. The SMILES string of the molecule is COCCNCCNC(=O)N(Cc1nccn1C)C1CC12CCNCC2. The van der Waals surface area contributed by atoms with Crippen LogP contribution in [0.3, 0.4) is 0 Å². The van der Waals surface area contributed by atoms with E-state index in [0.717, 1.165) is 51.3 Å². The standard InChI is InChI=1S/C18H32N6O2/c1-23-11-9-21-16(23)14-24(15-13-18(15)3-5-19-6-4-18)17(25)22-8-7-20-10-12-26-2/h9,11,15,19-20H,3-8,10,12-14H2,1-2H3,(H,22,25). The number of hydrogen-bond acceptors (Lipinski definition) is 5. The molecule has 1 aliphatic heterocycles. The Hall–Kier alpha value is -1.64. The van der Waals surface area contributed by atoms with Gasteiger partial charge in [-0.15, -0.1) is 0 Å². The number of carbonyl (C=O) groups excluding carboxylic acids is 1. The van der Waals surface area contributed by atoms with Crippen molar-refractivity contribution >= 4 is 6.03 Å². The topological polar surface area (TPSA) is 83.5 Å². The largest absolute Gasteiger partial charge is 0.383 e. The average molecular weight is 364 g/mol. The van der Waals surface area contributed by atoms with Gasteiger partial charge in [0.05, 0.1) is 13.2 Å². The summed E-state index contributed by atoms with van der Waals surface area (Å²) in [7, 11) is 3.66. The van der Waals surface area contributed by atoms with E-state index >= 15 is 0 Å². The molecule has 146 valence electrons. The summed E-state index contributed by atoms with van der Waals surface area (Å²) in [5, 5.41) is 9.75. The van der Waals surface area contributed by atoms with Crippen molar-refractivity contribution in [3.05, 3.63) is 18.2 Å². The lowest BCUT2D eigenvalue weighted by molar-refractivity contribution is 0.172. The number of amides is 2. The van der Waals surface area contributed by atoms with Gasteiger partial charge in [-0.25, -0.2) is 9.78 Å². The first-order chi connectivity index (χ1) is 12.7. The number of piperidine rings is 1. The number of carbonyl (C=O) groups is 1. The lowest BCUT2D eigenvalue weighted by atomic mass is 9.93. The van der Waals surface area contributed by atoms with Crippen LogP contribution >= 0.6 is 0 Å². The van der Waals surface area contributed by atoms with Gasteiger partial charge in [0.1, 0.15) is 5.82 Å². The van der Waals surface area contributed by atoms with Crippen molar-refractivity contribution in [2.75, 3.05) is 46.4 Å². The van der Waals surface area contributed by atoms with Gasteiger partial charge in [-0.1, -0.05) is 0 Å². The first-order valence-corrected chi connectivity index (χ1v) is 9.57. The van der Waals surface area contributed by atoms with Gasteiger partial charge in [0.15, 0.2) is 0 Å². The molecule has 0 radical (unpaired) electrons. The van der Waals surface area contributed by atoms with Gasteiger partial charge in [0, 0.05) is 52.2 Å². The van der Waals surface area contributed by atoms with Crippen molar-refractivity contribution in [3.8, 4) is 0 Å². The maximum absolute atomic E-state index is 12.9. The van der Waals surface area contributed by atoms with Crippen molar-refractivity contribution in [1.82, 2.24) is 30.4 Å². The third-order valence-electron chi connectivity index (χ3n) is 5.68. The molecule has 3 N–H and O–H groups in total. The first kappa shape index (κ1) is 19.1. The third kappa shape index (κ3) is 4.55. The number of imidazole rings is 1. The van der Waals surface area contributed by atoms with Gasteiger partial charge in [0.2, 0.25) is 0 Å². The molecule has 1 unspecified atom stereocenters. The van der Waals surface area contributed by atoms with Gasteiger partial charge in [-0.2, -0.15) is 0 Å². The number of aryl methyl sites for hydroxylation is 1. The lowest BCUT2D eigenvalue weighted by Crippen LogP contribution is -2.46. The van der Waals surface area contributed by atoms with E-state index in [1.807, 2.05) is 22.7 Å². The summed E-state index contributed by atoms with van der Waals surface area (Å²) < 4.78 is 7.00. The number of methoxy groups -OCH3 is 1. The van der Waals surface area contributed by atoms with Crippen molar-refractivity contribution in [2.45, 2.75) is 31.8 Å². The molecule has 1 aliphatic carbocycles. The van der Waals surface area contributed by atoms with Crippen molar-refractivity contribution < 1.29 is 9.53 Å². The third-order valence-corrected chi connectivity index (χ3v) is 5.68. The molecule has 8 nitrogen and oxygen atoms in total. The minimum absolute atomic E-state index is 0.0157. The number of nitrogens with one attached hydrogen (secondary N) is 3. The molecule has 1 aromatic rings. The second-order valence-corrected chi connectivity index (χ2v) is 7.39. The van der Waals surface area contributed by atoms with Crippen LogP contribution in [0.1, 0.15) is 25.1 Å². The highest BCUT2D eigenvalue weighted by atomic mass is 16.5. The molecule has 2 fully saturated rings. The first-order valence-electron chi connectivity index (χ1n) is 9.57. The highest BCUT2D eigenvalue weighted by Crippen LogP contribution is 2.56. The van der Waals surface area contributed by atoms with Crippen LogP contribution in [-0.2, 0) is 18.3 Å². The molecule has 1 saturated heterocycles. The molecule has 1 aromatic heterocycles. The van der Waals surface area contributed by atoms with Crippen molar-refractivity contribution in [3.63, 3.8) is 0 Å². The Morgan fingerprint density at radius 3 is 2.92 bits per heavy atom. The number of hydrogen-bond donors (Lipinski definition) is 3. The van der Waals surface area contributed by atoms with Crippen LogP contribution in [0.5, 0.6) is 0 Å². The lowest BCUT2D eigenvalue weighted by Gasteiger charge is -2.29. The molecule has 26 heavy (non-hydrogen) atoms. The fourth-order valence-electron chi connectivity index (χ4n) is 3.91. The zero-order chi connectivity index (χ0) is 18.4. The van der Waals surface area contributed by atoms with Gasteiger partial charge >= 0.3 is 6.03 Å². The number of rotatable bonds is 9. The Labute approximate surface area is 155 Å². The molecule has 8 heteroatoms. The summed E-state index contributed by atoms with van der Waals surface area (Å²) in [6.45, 7) is 5.49. The Morgan fingerprint density at radius 1 is 1.42 bits per heavy atom. The van der Waals surface area contributed by atoms with E-state index in [1.54, 1.807) is 13.3 Å². The summed E-state index contributed by atoms with van der Waals surface area (Å²) in [6, 6.07) is 0.338. The summed E-state index contributed by atoms with van der Waals surface area (Å²) in [5.41, 5.74) is 0.310. The Balaban J connectivity index is 1.56. The molecule has 3 rings (SSSR count). The van der Waals surface area contributed by atoms with Crippen molar-refractivity contribution in [1.29, 1.82) is 0 Å². The normalized spacial score (nSPS) is 20.9. The Morgan fingerprint density at radius 2 is 2.23 bits per heavy atom. The van der Waals surface area contributed by atoms with Crippen LogP contribution in [-0.4, -0.2) is 73.0 Å². The second kappa shape index (κ2) is 8.83. The van der Waals surface area contributed by atoms with Gasteiger partial charge in [0.25, 0.3) is 0 Å². The molecule has 1 atom stereocenters. The second-order valence-electron chi connectivity index (χ2n) is 7.39. The summed E-state index contributed by atoms with van der Waals surface area (Å²) in [6.07, 6.45) is 7.14. The van der Waals surface area contributed by atoms with E-state index < -0.39 is 0 Å². The van der Waals surface area contributed by atoms with E-state index in [2.05, 4.69) is 20.9 Å². The minimum atomic E-state index is 0.0157. The number of ether oxygens (including phenoxy) is 1. The van der Waals surface area contributed by atoms with Crippen LogP contribution in [0.2, 0.25) is 0 Å². The summed E-state index contributed by atoms with van der Waals surface area (Å²) >= 11 is 0. The fourth-order valence-corrected chi connectivity index (χ4v) is 3.91. The van der Waals surface area contributed by atoms with Crippen LogP contribution in [0.25, 0.3) is 0 Å². The van der Waals surface area contributed by atoms with E-state index in [-0.39, 0.29) is 6.03 Å². The summed E-state index contributed by atoms with van der Waals surface area (Å²) in [4.78, 5) is 19.3.